The number of nitrogens with zero attached hydrogens (tertiary/aromatic N) is 2. The third-order valence-corrected chi connectivity index (χ3v) is 4.76. The first kappa shape index (κ1) is 14.7. The van der Waals surface area contributed by atoms with Gasteiger partial charge in [0.1, 0.15) is 5.75 Å². The van der Waals surface area contributed by atoms with Gasteiger partial charge in [0, 0.05) is 50.8 Å². The smallest absolute Gasteiger partial charge is 0.122 e. The topological polar surface area (TPSA) is 48.3 Å². The van der Waals surface area contributed by atoms with E-state index in [1.54, 1.807) is 0 Å². The molecule has 0 spiro atoms. The van der Waals surface area contributed by atoms with E-state index in [1.165, 1.54) is 16.7 Å². The largest absolute Gasteiger partial charge is 0.493 e. The summed E-state index contributed by atoms with van der Waals surface area (Å²) in [5.74, 6) is 1.56. The van der Waals surface area contributed by atoms with Gasteiger partial charge in [0.25, 0.3) is 0 Å². The molecule has 2 aromatic rings. The van der Waals surface area contributed by atoms with Crippen molar-refractivity contribution in [1.82, 2.24) is 15.1 Å². The summed E-state index contributed by atoms with van der Waals surface area (Å²) in [6.45, 7) is 3.51. The number of rotatable bonds is 5. The number of ether oxygens (including phenoxy) is 2. The predicted molar refractivity (Wildman–Crippen MR) is 87.4 cm³/mol. The Balaban J connectivity index is 1.33. The third-order valence-electron chi connectivity index (χ3n) is 4.76. The Morgan fingerprint density at radius 2 is 2.30 bits per heavy atom. The Kier molecular flexibility index (Phi) is 4.06. The molecule has 0 bridgehead atoms. The molecule has 5 heteroatoms. The van der Waals surface area contributed by atoms with E-state index in [9.17, 15) is 0 Å². The Morgan fingerprint density at radius 3 is 3.17 bits per heavy atom. The van der Waals surface area contributed by atoms with Crippen LogP contribution in [0.15, 0.2) is 30.6 Å². The van der Waals surface area contributed by atoms with Crippen molar-refractivity contribution in [1.29, 1.82) is 0 Å². The van der Waals surface area contributed by atoms with Gasteiger partial charge in [-0.05, 0) is 23.6 Å². The van der Waals surface area contributed by atoms with Crippen molar-refractivity contribution in [3.8, 4) is 5.75 Å². The van der Waals surface area contributed by atoms with E-state index in [-0.39, 0.29) is 6.10 Å². The van der Waals surface area contributed by atoms with Crippen molar-refractivity contribution >= 4 is 0 Å². The van der Waals surface area contributed by atoms with Crippen LogP contribution in [0, 0.1) is 5.92 Å². The van der Waals surface area contributed by atoms with Crippen molar-refractivity contribution in [3.05, 3.63) is 47.3 Å². The van der Waals surface area contributed by atoms with Gasteiger partial charge in [0.05, 0.1) is 18.9 Å². The monoisotopic (exact) mass is 313 g/mol. The van der Waals surface area contributed by atoms with E-state index in [0.29, 0.717) is 5.92 Å². The Labute approximate surface area is 136 Å². The van der Waals surface area contributed by atoms with Gasteiger partial charge in [-0.25, -0.2) is 0 Å². The highest BCUT2D eigenvalue weighted by atomic mass is 16.5. The van der Waals surface area contributed by atoms with E-state index in [2.05, 4.69) is 34.8 Å². The van der Waals surface area contributed by atoms with Crippen LogP contribution < -0.4 is 10.1 Å². The minimum atomic E-state index is 0.171. The molecule has 2 aliphatic heterocycles. The van der Waals surface area contributed by atoms with Crippen molar-refractivity contribution in [3.63, 3.8) is 0 Å². The number of fused-ring (bicyclic) bond motifs is 1. The summed E-state index contributed by atoms with van der Waals surface area (Å²) in [4.78, 5) is 0. The van der Waals surface area contributed by atoms with Crippen LogP contribution in [0.1, 0.15) is 29.2 Å². The normalized spacial score (nSPS) is 23.0. The fraction of sp³-hybridized carbons (Fsp3) is 0.500. The second kappa shape index (κ2) is 6.34. The van der Waals surface area contributed by atoms with Crippen LogP contribution in [-0.2, 0) is 24.8 Å². The molecule has 5 nitrogen and oxygen atoms in total. The van der Waals surface area contributed by atoms with Crippen molar-refractivity contribution in [2.45, 2.75) is 25.5 Å². The Bertz CT molecular complexity index is 683. The molecule has 2 atom stereocenters. The minimum absolute atomic E-state index is 0.171. The summed E-state index contributed by atoms with van der Waals surface area (Å²) < 4.78 is 13.3. The minimum Gasteiger partial charge on any atom is -0.493 e. The Hall–Kier alpha value is -1.85. The van der Waals surface area contributed by atoms with Crippen molar-refractivity contribution in [2.75, 3.05) is 19.8 Å². The lowest BCUT2D eigenvalue weighted by Gasteiger charge is -2.18. The predicted octanol–water partition coefficient (Wildman–Crippen LogP) is 2.22. The van der Waals surface area contributed by atoms with Gasteiger partial charge in [-0.2, -0.15) is 5.10 Å². The standard InChI is InChI=1S/C18H23N3O2/c1-21-12-16(11-20-21)18-15(5-7-23-18)10-19-9-13-2-3-17-14(8-13)4-6-22-17/h2-3,8,11-12,15,18-19H,4-7,9-10H2,1H3/t15-,18+/m1/s1. The first-order valence-electron chi connectivity index (χ1n) is 8.35. The summed E-state index contributed by atoms with van der Waals surface area (Å²) in [5, 5.41) is 7.85. The van der Waals surface area contributed by atoms with E-state index in [4.69, 9.17) is 9.47 Å². The van der Waals surface area contributed by atoms with Crippen LogP contribution in [0.25, 0.3) is 0 Å². The summed E-state index contributed by atoms with van der Waals surface area (Å²) in [6.07, 6.45) is 6.28. The first-order chi connectivity index (χ1) is 11.3. The van der Waals surface area contributed by atoms with Gasteiger partial charge >= 0.3 is 0 Å². The Morgan fingerprint density at radius 1 is 1.35 bits per heavy atom. The van der Waals surface area contributed by atoms with Crippen LogP contribution in [0.3, 0.4) is 0 Å². The zero-order valence-electron chi connectivity index (χ0n) is 13.5. The molecular weight excluding hydrogens is 290 g/mol. The molecule has 4 rings (SSSR count). The van der Waals surface area contributed by atoms with Crippen molar-refractivity contribution < 1.29 is 9.47 Å². The molecule has 1 saturated heterocycles. The zero-order chi connectivity index (χ0) is 15.6. The molecule has 0 unspecified atom stereocenters. The number of benzene rings is 1. The van der Waals surface area contributed by atoms with Crippen LogP contribution >= 0.6 is 0 Å². The quantitative estimate of drug-likeness (QED) is 0.919. The number of hydrogen-bond donors (Lipinski definition) is 1. The zero-order valence-corrected chi connectivity index (χ0v) is 13.5. The second-order valence-corrected chi connectivity index (χ2v) is 6.46. The van der Waals surface area contributed by atoms with Gasteiger partial charge in [0.2, 0.25) is 0 Å². The SMILES string of the molecule is Cn1cc([C@H]2OCC[C@@H]2CNCc2ccc3c(c2)CCO3)cn1. The third kappa shape index (κ3) is 3.12. The molecular formula is C18H23N3O2. The molecule has 1 aromatic heterocycles. The maximum Gasteiger partial charge on any atom is 0.122 e. The fourth-order valence-electron chi connectivity index (χ4n) is 3.55. The molecule has 0 aliphatic carbocycles. The van der Waals surface area contributed by atoms with Gasteiger partial charge in [-0.1, -0.05) is 12.1 Å². The average molecular weight is 313 g/mol. The lowest BCUT2D eigenvalue weighted by atomic mass is 9.97. The van der Waals surface area contributed by atoms with Gasteiger partial charge in [-0.15, -0.1) is 0 Å². The van der Waals surface area contributed by atoms with Crippen LogP contribution in [0.5, 0.6) is 5.75 Å². The van der Waals surface area contributed by atoms with Gasteiger partial charge in [0.15, 0.2) is 0 Å². The van der Waals surface area contributed by atoms with Gasteiger partial charge < -0.3 is 14.8 Å². The maximum atomic E-state index is 5.92. The van der Waals surface area contributed by atoms with E-state index in [0.717, 1.165) is 44.9 Å². The van der Waals surface area contributed by atoms with Crippen LogP contribution in [0.2, 0.25) is 0 Å². The van der Waals surface area contributed by atoms with Crippen LogP contribution in [-0.4, -0.2) is 29.5 Å². The molecule has 1 N–H and O–H groups in total. The highest BCUT2D eigenvalue weighted by Gasteiger charge is 2.30. The molecule has 1 fully saturated rings. The van der Waals surface area contributed by atoms with E-state index in [1.807, 2.05) is 17.9 Å². The number of aryl methyl sites for hydroxylation is 1. The molecule has 122 valence electrons. The van der Waals surface area contributed by atoms with E-state index < -0.39 is 0 Å². The molecule has 3 heterocycles. The van der Waals surface area contributed by atoms with Gasteiger partial charge in [-0.3, -0.25) is 4.68 Å². The van der Waals surface area contributed by atoms with Crippen LogP contribution in [0.4, 0.5) is 0 Å². The highest BCUT2D eigenvalue weighted by Crippen LogP contribution is 2.33. The highest BCUT2D eigenvalue weighted by molar-refractivity contribution is 5.39. The summed E-state index contributed by atoms with van der Waals surface area (Å²) >= 11 is 0. The molecule has 23 heavy (non-hydrogen) atoms. The summed E-state index contributed by atoms with van der Waals surface area (Å²) in [7, 11) is 1.95. The second-order valence-electron chi connectivity index (χ2n) is 6.46. The summed E-state index contributed by atoms with van der Waals surface area (Å²) in [5.41, 5.74) is 3.85. The molecule has 0 saturated carbocycles. The summed E-state index contributed by atoms with van der Waals surface area (Å²) in [6, 6.07) is 6.51. The molecule has 2 aliphatic rings. The lowest BCUT2D eigenvalue weighted by Crippen LogP contribution is -2.24. The van der Waals surface area contributed by atoms with Crippen molar-refractivity contribution in [2.24, 2.45) is 13.0 Å². The molecule has 0 amide bonds. The first-order valence-corrected chi connectivity index (χ1v) is 8.35. The maximum absolute atomic E-state index is 5.92. The molecule has 0 radical (unpaired) electrons. The number of aromatic nitrogens is 2. The number of hydrogen-bond acceptors (Lipinski definition) is 4. The lowest BCUT2D eigenvalue weighted by molar-refractivity contribution is 0.0904. The number of nitrogens with one attached hydrogen (secondary N) is 1. The average Bonchev–Trinajstić information content (AvgIpc) is 3.26. The fourth-order valence-corrected chi connectivity index (χ4v) is 3.55. The van der Waals surface area contributed by atoms with E-state index >= 15 is 0 Å². The molecule has 1 aromatic carbocycles.